The van der Waals surface area contributed by atoms with Gasteiger partial charge in [-0.15, -0.1) is 0 Å². The quantitative estimate of drug-likeness (QED) is 0.476. The zero-order valence-electron chi connectivity index (χ0n) is 9.83. The highest BCUT2D eigenvalue weighted by Gasteiger charge is 2.15. The molecule has 0 aliphatic rings. The molecular formula is C12H13NO5. The second kappa shape index (κ2) is 6.39. The maximum Gasteiger partial charge on any atom is 0.328 e. The zero-order chi connectivity index (χ0) is 13.5. The van der Waals surface area contributed by atoms with Gasteiger partial charge in [-0.25, -0.2) is 4.79 Å². The Morgan fingerprint density at radius 3 is 2.83 bits per heavy atom. The van der Waals surface area contributed by atoms with Crippen LogP contribution in [0.5, 0.6) is 5.75 Å². The molecule has 96 valence electrons. The van der Waals surface area contributed by atoms with Crippen molar-refractivity contribution in [3.05, 3.63) is 40.0 Å². The van der Waals surface area contributed by atoms with Crippen molar-refractivity contribution in [2.24, 2.45) is 0 Å². The summed E-state index contributed by atoms with van der Waals surface area (Å²) in [7, 11) is 0. The number of carboxylic acids is 1. The molecule has 1 aromatic rings. The number of carboxylic acid groups (broad SMARTS) is 1. The summed E-state index contributed by atoms with van der Waals surface area (Å²) in [6.45, 7) is 2.29. The van der Waals surface area contributed by atoms with Crippen molar-refractivity contribution in [3.63, 3.8) is 0 Å². The molecule has 0 unspecified atom stereocenters. The number of aliphatic carboxylic acids is 1. The third kappa shape index (κ3) is 3.89. The fourth-order valence-corrected chi connectivity index (χ4v) is 1.28. The van der Waals surface area contributed by atoms with Crippen LogP contribution in [0.25, 0.3) is 6.08 Å². The Balaban J connectivity index is 3.03. The maximum absolute atomic E-state index is 10.9. The third-order valence-corrected chi connectivity index (χ3v) is 2.06. The summed E-state index contributed by atoms with van der Waals surface area (Å²) in [5, 5.41) is 19.3. The minimum Gasteiger partial charge on any atom is -0.487 e. The predicted molar refractivity (Wildman–Crippen MR) is 65.6 cm³/mol. The first kappa shape index (κ1) is 13.7. The Morgan fingerprint density at radius 1 is 1.56 bits per heavy atom. The SMILES string of the molecule is CCCOc1ccc(C=CC(=O)O)cc1[N+](=O)[O-]. The van der Waals surface area contributed by atoms with Gasteiger partial charge in [0.05, 0.1) is 11.5 Å². The fourth-order valence-electron chi connectivity index (χ4n) is 1.28. The largest absolute Gasteiger partial charge is 0.487 e. The number of benzene rings is 1. The molecule has 0 radical (unpaired) electrons. The summed E-state index contributed by atoms with van der Waals surface area (Å²) >= 11 is 0. The molecule has 18 heavy (non-hydrogen) atoms. The van der Waals surface area contributed by atoms with Crippen LogP contribution in [0.15, 0.2) is 24.3 Å². The second-order valence-corrected chi connectivity index (χ2v) is 3.50. The highest BCUT2D eigenvalue weighted by atomic mass is 16.6. The van der Waals surface area contributed by atoms with Gasteiger partial charge >= 0.3 is 11.7 Å². The molecule has 6 nitrogen and oxygen atoms in total. The molecule has 6 heteroatoms. The van der Waals surface area contributed by atoms with Crippen LogP contribution in [0.4, 0.5) is 5.69 Å². The number of nitro benzene ring substituents is 1. The lowest BCUT2D eigenvalue weighted by atomic mass is 10.1. The Bertz CT molecular complexity index is 481. The van der Waals surface area contributed by atoms with Crippen molar-refractivity contribution in [3.8, 4) is 5.75 Å². The highest BCUT2D eigenvalue weighted by Crippen LogP contribution is 2.28. The molecule has 0 saturated heterocycles. The van der Waals surface area contributed by atoms with E-state index >= 15 is 0 Å². The van der Waals surface area contributed by atoms with E-state index in [2.05, 4.69) is 0 Å². The van der Waals surface area contributed by atoms with Crippen molar-refractivity contribution in [1.82, 2.24) is 0 Å². The van der Waals surface area contributed by atoms with Gasteiger partial charge < -0.3 is 9.84 Å². The lowest BCUT2D eigenvalue weighted by Crippen LogP contribution is -1.99. The Morgan fingerprint density at radius 2 is 2.28 bits per heavy atom. The first-order chi connectivity index (χ1) is 8.54. The van der Waals surface area contributed by atoms with Crippen LogP contribution >= 0.6 is 0 Å². The molecule has 0 aromatic heterocycles. The van der Waals surface area contributed by atoms with Crippen molar-refractivity contribution in [1.29, 1.82) is 0 Å². The standard InChI is InChI=1S/C12H13NO5/c1-2-7-18-11-5-3-9(4-6-12(14)15)8-10(11)13(16)17/h3-6,8H,2,7H2,1H3,(H,14,15). The first-order valence-corrected chi connectivity index (χ1v) is 5.37. The van der Waals surface area contributed by atoms with E-state index in [4.69, 9.17) is 9.84 Å². The normalized spacial score (nSPS) is 10.5. The monoisotopic (exact) mass is 251 g/mol. The average molecular weight is 251 g/mol. The molecule has 0 fully saturated rings. The fraction of sp³-hybridized carbons (Fsp3) is 0.250. The predicted octanol–water partition coefficient (Wildman–Crippen LogP) is 2.48. The van der Waals surface area contributed by atoms with Gasteiger partial charge in [-0.1, -0.05) is 13.0 Å². The number of rotatable bonds is 6. The van der Waals surface area contributed by atoms with E-state index in [1.807, 2.05) is 6.92 Å². The summed E-state index contributed by atoms with van der Waals surface area (Å²) in [4.78, 5) is 20.7. The zero-order valence-corrected chi connectivity index (χ0v) is 9.83. The number of hydrogen-bond donors (Lipinski definition) is 1. The topological polar surface area (TPSA) is 89.7 Å². The summed E-state index contributed by atoms with van der Waals surface area (Å²) in [5.74, 6) is -0.918. The minimum atomic E-state index is -1.11. The van der Waals surface area contributed by atoms with E-state index in [9.17, 15) is 14.9 Å². The minimum absolute atomic E-state index is 0.170. The van der Waals surface area contributed by atoms with Crippen LogP contribution < -0.4 is 4.74 Å². The molecule has 0 spiro atoms. The number of hydrogen-bond acceptors (Lipinski definition) is 4. The van der Waals surface area contributed by atoms with Crippen LogP contribution in [0.2, 0.25) is 0 Å². The lowest BCUT2D eigenvalue weighted by Gasteiger charge is -2.05. The van der Waals surface area contributed by atoms with Crippen molar-refractivity contribution >= 4 is 17.7 Å². The molecule has 0 amide bonds. The molecule has 0 heterocycles. The maximum atomic E-state index is 10.9. The molecule has 1 aromatic carbocycles. The van der Waals surface area contributed by atoms with Crippen LogP contribution in [0.1, 0.15) is 18.9 Å². The van der Waals surface area contributed by atoms with E-state index in [1.54, 1.807) is 6.07 Å². The molecular weight excluding hydrogens is 238 g/mol. The van der Waals surface area contributed by atoms with Crippen LogP contribution in [0, 0.1) is 10.1 Å². The van der Waals surface area contributed by atoms with Crippen molar-refractivity contribution in [2.45, 2.75) is 13.3 Å². The average Bonchev–Trinajstić information content (AvgIpc) is 2.34. The van der Waals surface area contributed by atoms with E-state index < -0.39 is 10.9 Å². The molecule has 1 N–H and O–H groups in total. The molecule has 0 saturated carbocycles. The molecule has 0 aliphatic carbocycles. The number of ether oxygens (including phenoxy) is 1. The van der Waals surface area contributed by atoms with Crippen LogP contribution in [-0.2, 0) is 4.79 Å². The van der Waals surface area contributed by atoms with Gasteiger partial charge in [-0.05, 0) is 24.1 Å². The van der Waals surface area contributed by atoms with Crippen LogP contribution in [-0.4, -0.2) is 22.6 Å². The highest BCUT2D eigenvalue weighted by molar-refractivity contribution is 5.85. The number of nitro groups is 1. The smallest absolute Gasteiger partial charge is 0.328 e. The summed E-state index contributed by atoms with van der Waals surface area (Å²) in [5.41, 5.74) is 0.268. The van der Waals surface area contributed by atoms with E-state index in [-0.39, 0.29) is 11.4 Å². The van der Waals surface area contributed by atoms with E-state index in [1.165, 1.54) is 18.2 Å². The lowest BCUT2D eigenvalue weighted by molar-refractivity contribution is -0.385. The molecule has 0 aliphatic heterocycles. The first-order valence-electron chi connectivity index (χ1n) is 5.37. The summed E-state index contributed by atoms with van der Waals surface area (Å²) in [6.07, 6.45) is 2.96. The van der Waals surface area contributed by atoms with Crippen LogP contribution in [0.3, 0.4) is 0 Å². The molecule has 1 rings (SSSR count). The Hall–Kier alpha value is -2.37. The summed E-state index contributed by atoms with van der Waals surface area (Å²) in [6, 6.07) is 4.32. The Labute approximate surface area is 104 Å². The van der Waals surface area contributed by atoms with Crippen molar-refractivity contribution < 1.29 is 19.6 Å². The second-order valence-electron chi connectivity index (χ2n) is 3.50. The Kier molecular flexibility index (Phi) is 4.86. The molecule has 0 bridgehead atoms. The third-order valence-electron chi connectivity index (χ3n) is 2.06. The van der Waals surface area contributed by atoms with E-state index in [0.29, 0.717) is 12.2 Å². The summed E-state index contributed by atoms with van der Waals surface area (Å²) < 4.78 is 5.25. The number of carbonyl (C=O) groups is 1. The number of nitrogens with zero attached hydrogens (tertiary/aromatic N) is 1. The van der Waals surface area contributed by atoms with Gasteiger partial charge in [0, 0.05) is 12.1 Å². The van der Waals surface area contributed by atoms with Crippen molar-refractivity contribution in [2.75, 3.05) is 6.61 Å². The van der Waals surface area contributed by atoms with Gasteiger partial charge in [0.1, 0.15) is 0 Å². The van der Waals surface area contributed by atoms with E-state index in [0.717, 1.165) is 12.5 Å². The van der Waals surface area contributed by atoms with Gasteiger partial charge in [0.2, 0.25) is 0 Å². The van der Waals surface area contributed by atoms with Gasteiger partial charge in [0.25, 0.3) is 0 Å². The van der Waals surface area contributed by atoms with Gasteiger partial charge in [0.15, 0.2) is 5.75 Å². The van der Waals surface area contributed by atoms with Gasteiger partial charge in [-0.3, -0.25) is 10.1 Å². The van der Waals surface area contributed by atoms with Gasteiger partial charge in [-0.2, -0.15) is 0 Å². The molecule has 0 atom stereocenters.